The summed E-state index contributed by atoms with van der Waals surface area (Å²) in [5, 5.41) is 9.51. The highest BCUT2D eigenvalue weighted by molar-refractivity contribution is 5.77. The Morgan fingerprint density at radius 3 is 2.65 bits per heavy atom. The van der Waals surface area contributed by atoms with E-state index in [-0.39, 0.29) is 23.4 Å². The Balaban J connectivity index is 2.35. The Bertz CT molecular complexity index is 760. The highest BCUT2D eigenvalue weighted by atomic mass is 19.4. The largest absolute Gasteiger partial charge is 0.436 e. The zero-order valence-electron chi connectivity index (χ0n) is 12.4. The highest BCUT2D eigenvalue weighted by Gasteiger charge is 2.31. The van der Waals surface area contributed by atoms with Crippen molar-refractivity contribution in [3.05, 3.63) is 47.8 Å². The lowest BCUT2D eigenvalue weighted by Crippen LogP contribution is -2.04. The van der Waals surface area contributed by atoms with E-state index in [9.17, 15) is 17.6 Å². The molecule has 0 aliphatic heterocycles. The summed E-state index contributed by atoms with van der Waals surface area (Å²) in [7, 11) is 1.24. The fourth-order valence-electron chi connectivity index (χ4n) is 1.97. The molecule has 1 heterocycles. The molecule has 1 N–H and O–H groups in total. The Kier molecular flexibility index (Phi) is 4.74. The maximum atomic E-state index is 13.7. The number of hydrogen-bond acceptors (Lipinski definition) is 4. The fourth-order valence-corrected chi connectivity index (χ4v) is 1.97. The van der Waals surface area contributed by atoms with Gasteiger partial charge in [0.1, 0.15) is 11.3 Å². The summed E-state index contributed by atoms with van der Waals surface area (Å²) >= 11 is 0. The number of aromatic nitrogens is 1. The van der Waals surface area contributed by atoms with Crippen LogP contribution in [0.1, 0.15) is 24.8 Å². The number of fused-ring (bicyclic) bond motifs is 1. The van der Waals surface area contributed by atoms with E-state index in [2.05, 4.69) is 4.98 Å². The van der Waals surface area contributed by atoms with Crippen LogP contribution in [0.5, 0.6) is 0 Å². The van der Waals surface area contributed by atoms with E-state index in [0.717, 1.165) is 18.3 Å². The van der Waals surface area contributed by atoms with Crippen LogP contribution in [0.2, 0.25) is 0 Å². The van der Waals surface area contributed by atoms with Crippen LogP contribution in [0, 0.1) is 0 Å². The predicted molar refractivity (Wildman–Crippen MR) is 76.0 cm³/mol. The second-order valence-electron chi connectivity index (χ2n) is 4.84. The van der Waals surface area contributed by atoms with Crippen LogP contribution in [-0.2, 0) is 6.18 Å². The van der Waals surface area contributed by atoms with Crippen LogP contribution in [0.3, 0.4) is 0 Å². The van der Waals surface area contributed by atoms with Gasteiger partial charge in [-0.25, -0.2) is 9.37 Å². The molecule has 124 valence electrons. The standard InChI is InChI=1S/C15H14F4N2O2/c1-3-9(6-11(16)8-21(2)22)14-20-12-7-10(15(17,18)19)4-5-13(12)23-14/h3-5,7-8,22H,6H2,1-2H3/b9-3+,11-8+. The molecule has 2 rings (SSSR count). The van der Waals surface area contributed by atoms with Gasteiger partial charge in [0.25, 0.3) is 0 Å². The molecule has 8 heteroatoms. The van der Waals surface area contributed by atoms with Crippen LogP contribution >= 0.6 is 0 Å². The topological polar surface area (TPSA) is 49.5 Å². The third kappa shape index (κ3) is 4.10. The molecule has 4 nitrogen and oxygen atoms in total. The van der Waals surface area contributed by atoms with Gasteiger partial charge in [0, 0.05) is 19.0 Å². The molecule has 1 aromatic heterocycles. The molecular weight excluding hydrogens is 316 g/mol. The molecule has 23 heavy (non-hydrogen) atoms. The van der Waals surface area contributed by atoms with Crippen molar-refractivity contribution >= 4 is 16.7 Å². The van der Waals surface area contributed by atoms with E-state index in [1.165, 1.54) is 13.1 Å². The summed E-state index contributed by atoms with van der Waals surface area (Å²) in [6.45, 7) is 1.63. The molecule has 0 spiro atoms. The molecule has 0 amide bonds. The average molecular weight is 330 g/mol. The SMILES string of the molecule is C/C=C(\C/C(F)=C\N(C)O)c1nc2cc(C(F)(F)F)ccc2o1. The van der Waals surface area contributed by atoms with Crippen LogP contribution < -0.4 is 0 Å². The van der Waals surface area contributed by atoms with E-state index < -0.39 is 17.6 Å². The first-order valence-electron chi connectivity index (χ1n) is 6.62. The lowest BCUT2D eigenvalue weighted by atomic mass is 10.1. The Morgan fingerprint density at radius 2 is 2.09 bits per heavy atom. The summed E-state index contributed by atoms with van der Waals surface area (Å²) < 4.78 is 57.1. The van der Waals surface area contributed by atoms with Crippen LogP contribution in [0.25, 0.3) is 16.7 Å². The average Bonchev–Trinajstić information content (AvgIpc) is 2.85. The number of rotatable bonds is 4. The lowest BCUT2D eigenvalue weighted by Gasteiger charge is -2.04. The van der Waals surface area contributed by atoms with Gasteiger partial charge in [-0.05, 0) is 25.1 Å². The fraction of sp³-hybridized carbons (Fsp3) is 0.267. The zero-order valence-corrected chi connectivity index (χ0v) is 12.4. The number of benzene rings is 1. The number of hydroxylamine groups is 2. The van der Waals surface area contributed by atoms with Crippen molar-refractivity contribution in [1.82, 2.24) is 10.0 Å². The Morgan fingerprint density at radius 1 is 1.39 bits per heavy atom. The van der Waals surface area contributed by atoms with Gasteiger partial charge >= 0.3 is 6.18 Å². The molecule has 0 unspecified atom stereocenters. The summed E-state index contributed by atoms with van der Waals surface area (Å²) in [5.41, 5.74) is -0.265. The molecule has 2 aromatic rings. The normalized spacial score (nSPS) is 13.7. The number of nitrogens with zero attached hydrogens (tertiary/aromatic N) is 2. The van der Waals surface area contributed by atoms with E-state index in [4.69, 9.17) is 9.62 Å². The number of halogens is 4. The van der Waals surface area contributed by atoms with Gasteiger partial charge in [-0.1, -0.05) is 6.08 Å². The second kappa shape index (κ2) is 6.41. The van der Waals surface area contributed by atoms with Crippen molar-refractivity contribution < 1.29 is 27.2 Å². The number of oxazole rings is 1. The summed E-state index contributed by atoms with van der Waals surface area (Å²) in [4.78, 5) is 3.99. The van der Waals surface area contributed by atoms with E-state index in [1.54, 1.807) is 13.0 Å². The predicted octanol–water partition coefficient (Wildman–Crippen LogP) is 4.77. The van der Waals surface area contributed by atoms with E-state index >= 15 is 0 Å². The molecule has 0 aliphatic rings. The molecule has 0 fully saturated rings. The third-order valence-corrected chi connectivity index (χ3v) is 3.02. The van der Waals surface area contributed by atoms with E-state index in [1.807, 2.05) is 0 Å². The molecule has 0 atom stereocenters. The molecule has 0 aliphatic carbocycles. The van der Waals surface area contributed by atoms with Crippen molar-refractivity contribution in [3.63, 3.8) is 0 Å². The smallest absolute Gasteiger partial charge is 0.416 e. The summed E-state index contributed by atoms with van der Waals surface area (Å²) in [5.74, 6) is -0.618. The van der Waals surface area contributed by atoms with Crippen molar-refractivity contribution in [3.8, 4) is 0 Å². The van der Waals surface area contributed by atoms with Crippen LogP contribution in [0.4, 0.5) is 17.6 Å². The molecule has 0 saturated heterocycles. The molecule has 1 aromatic carbocycles. The minimum atomic E-state index is -4.47. The first-order chi connectivity index (χ1) is 10.7. The van der Waals surface area contributed by atoms with Crippen molar-refractivity contribution in [2.45, 2.75) is 19.5 Å². The second-order valence-corrected chi connectivity index (χ2v) is 4.84. The number of hydrogen-bond donors (Lipinski definition) is 1. The summed E-state index contributed by atoms with van der Waals surface area (Å²) in [6.07, 6.45) is -2.27. The Hall–Kier alpha value is -2.35. The maximum Gasteiger partial charge on any atom is 0.416 e. The number of alkyl halides is 3. The van der Waals surface area contributed by atoms with Gasteiger partial charge < -0.3 is 4.42 Å². The van der Waals surface area contributed by atoms with Gasteiger partial charge in [0.15, 0.2) is 5.58 Å². The maximum absolute atomic E-state index is 13.7. The van der Waals surface area contributed by atoms with Crippen molar-refractivity contribution in [2.75, 3.05) is 7.05 Å². The first kappa shape index (κ1) is 17.0. The molecule has 0 bridgehead atoms. The van der Waals surface area contributed by atoms with Gasteiger partial charge in [-0.3, -0.25) is 10.3 Å². The monoisotopic (exact) mass is 330 g/mol. The lowest BCUT2D eigenvalue weighted by molar-refractivity contribution is -0.137. The van der Waals surface area contributed by atoms with Crippen LogP contribution in [0.15, 0.2) is 40.7 Å². The quantitative estimate of drug-likeness (QED) is 0.648. The van der Waals surface area contributed by atoms with Crippen LogP contribution in [-0.4, -0.2) is 22.3 Å². The molecular formula is C15H14F4N2O2. The van der Waals surface area contributed by atoms with Gasteiger partial charge in [0.05, 0.1) is 11.8 Å². The zero-order chi connectivity index (χ0) is 17.2. The van der Waals surface area contributed by atoms with Gasteiger partial charge in [-0.2, -0.15) is 13.2 Å². The van der Waals surface area contributed by atoms with Gasteiger partial charge in [-0.15, -0.1) is 0 Å². The Labute approximate surface area is 129 Å². The summed E-state index contributed by atoms with van der Waals surface area (Å²) in [6, 6.07) is 2.95. The first-order valence-corrected chi connectivity index (χ1v) is 6.62. The van der Waals surface area contributed by atoms with Crippen molar-refractivity contribution in [1.29, 1.82) is 0 Å². The molecule has 0 saturated carbocycles. The minimum Gasteiger partial charge on any atom is -0.436 e. The minimum absolute atomic E-state index is 0.0333. The third-order valence-electron chi connectivity index (χ3n) is 3.02. The molecule has 0 radical (unpaired) electrons. The van der Waals surface area contributed by atoms with Crippen molar-refractivity contribution in [2.24, 2.45) is 0 Å². The highest BCUT2D eigenvalue weighted by Crippen LogP contribution is 2.33. The van der Waals surface area contributed by atoms with Gasteiger partial charge in [0.2, 0.25) is 5.89 Å². The van der Waals surface area contributed by atoms with E-state index in [0.29, 0.717) is 10.6 Å². The number of allylic oxidation sites excluding steroid dienone is 3.